The fraction of sp³-hybridized carbons (Fsp3) is 0. The lowest BCUT2D eigenvalue weighted by Gasteiger charge is -2.26. The molecule has 3 nitrogen and oxygen atoms in total. The number of pyridine rings is 2. The molecule has 0 atom stereocenters. The van der Waals surface area contributed by atoms with Crippen molar-refractivity contribution in [2.75, 3.05) is 4.90 Å². The lowest BCUT2D eigenvalue weighted by Crippen LogP contribution is -2.09. The SMILES string of the molecule is c1ccc(N(c2ccccc2)c2ccc(-c3c(-c4cccnc4)c4cccnc4c4ccccc34)cc2)cc1. The van der Waals surface area contributed by atoms with Gasteiger partial charge in [0.25, 0.3) is 0 Å². The summed E-state index contributed by atoms with van der Waals surface area (Å²) in [4.78, 5) is 11.6. The molecule has 0 N–H and O–H groups in total. The van der Waals surface area contributed by atoms with E-state index in [4.69, 9.17) is 4.98 Å². The first-order valence-electron chi connectivity index (χ1n) is 13.1. The van der Waals surface area contributed by atoms with Gasteiger partial charge in [-0.2, -0.15) is 0 Å². The van der Waals surface area contributed by atoms with Crippen molar-refractivity contribution in [3.05, 3.63) is 152 Å². The third kappa shape index (κ3) is 4.11. The van der Waals surface area contributed by atoms with Gasteiger partial charge in [-0.25, -0.2) is 0 Å². The Morgan fingerprint density at radius 2 is 0.974 bits per heavy atom. The second-order valence-electron chi connectivity index (χ2n) is 9.49. The van der Waals surface area contributed by atoms with E-state index in [0.29, 0.717) is 0 Å². The molecule has 3 heteroatoms. The van der Waals surface area contributed by atoms with E-state index in [2.05, 4.69) is 131 Å². The molecule has 184 valence electrons. The fourth-order valence-corrected chi connectivity index (χ4v) is 5.49. The molecule has 0 aliphatic carbocycles. The Bertz CT molecular complexity index is 1840. The monoisotopic (exact) mass is 499 g/mol. The molecule has 0 radical (unpaired) electrons. The van der Waals surface area contributed by atoms with Gasteiger partial charge in [-0.1, -0.05) is 84.9 Å². The zero-order chi connectivity index (χ0) is 26.0. The van der Waals surface area contributed by atoms with Gasteiger partial charge in [-0.15, -0.1) is 0 Å². The maximum atomic E-state index is 4.81. The number of aromatic nitrogens is 2. The second-order valence-corrected chi connectivity index (χ2v) is 9.49. The van der Waals surface area contributed by atoms with Crippen LogP contribution in [0.25, 0.3) is 43.9 Å². The molecule has 0 saturated carbocycles. The first-order valence-corrected chi connectivity index (χ1v) is 13.1. The van der Waals surface area contributed by atoms with Crippen LogP contribution in [0.5, 0.6) is 0 Å². The second kappa shape index (κ2) is 9.88. The number of para-hydroxylation sites is 2. The van der Waals surface area contributed by atoms with Gasteiger partial charge in [0.2, 0.25) is 0 Å². The average molecular weight is 500 g/mol. The molecule has 7 aromatic rings. The van der Waals surface area contributed by atoms with Crippen molar-refractivity contribution in [3.8, 4) is 22.3 Å². The van der Waals surface area contributed by atoms with Crippen molar-refractivity contribution in [2.24, 2.45) is 0 Å². The van der Waals surface area contributed by atoms with Crippen LogP contribution in [-0.4, -0.2) is 9.97 Å². The van der Waals surface area contributed by atoms with Crippen molar-refractivity contribution < 1.29 is 0 Å². The lowest BCUT2D eigenvalue weighted by atomic mass is 9.87. The first kappa shape index (κ1) is 22.9. The minimum Gasteiger partial charge on any atom is -0.311 e. The Balaban J connectivity index is 1.46. The molecule has 0 unspecified atom stereocenters. The average Bonchev–Trinajstić information content (AvgIpc) is 3.02. The van der Waals surface area contributed by atoms with Crippen molar-refractivity contribution in [2.45, 2.75) is 0 Å². The minimum atomic E-state index is 1.01. The Morgan fingerprint density at radius 3 is 1.64 bits per heavy atom. The zero-order valence-corrected chi connectivity index (χ0v) is 21.3. The summed E-state index contributed by atoms with van der Waals surface area (Å²) in [5.74, 6) is 0. The maximum absolute atomic E-state index is 4.81. The smallest absolute Gasteiger partial charge is 0.0786 e. The third-order valence-electron chi connectivity index (χ3n) is 7.17. The minimum absolute atomic E-state index is 1.01. The number of rotatable bonds is 5. The highest BCUT2D eigenvalue weighted by molar-refractivity contribution is 6.20. The summed E-state index contributed by atoms with van der Waals surface area (Å²) in [6, 6.07) is 46.8. The number of hydrogen-bond donors (Lipinski definition) is 0. The molecule has 5 aromatic carbocycles. The third-order valence-corrected chi connectivity index (χ3v) is 7.17. The number of nitrogens with zero attached hydrogens (tertiary/aromatic N) is 3. The summed E-state index contributed by atoms with van der Waals surface area (Å²) >= 11 is 0. The number of fused-ring (bicyclic) bond motifs is 3. The largest absolute Gasteiger partial charge is 0.311 e. The Labute approximate surface area is 227 Å². The molecule has 0 spiro atoms. The van der Waals surface area contributed by atoms with Crippen LogP contribution < -0.4 is 4.90 Å². The summed E-state index contributed by atoms with van der Waals surface area (Å²) in [6.45, 7) is 0. The highest BCUT2D eigenvalue weighted by Gasteiger charge is 2.19. The molecule has 7 rings (SSSR count). The number of benzene rings is 5. The van der Waals surface area contributed by atoms with Gasteiger partial charge in [-0.3, -0.25) is 9.97 Å². The van der Waals surface area contributed by atoms with Crippen LogP contribution in [0.3, 0.4) is 0 Å². The molecular weight excluding hydrogens is 474 g/mol. The van der Waals surface area contributed by atoms with E-state index in [0.717, 1.165) is 50.0 Å². The van der Waals surface area contributed by atoms with Gasteiger partial charge in [0, 0.05) is 57.6 Å². The summed E-state index contributed by atoms with van der Waals surface area (Å²) in [5, 5.41) is 3.45. The van der Waals surface area contributed by atoms with Gasteiger partial charge in [0.15, 0.2) is 0 Å². The van der Waals surface area contributed by atoms with Crippen molar-refractivity contribution in [1.82, 2.24) is 9.97 Å². The van der Waals surface area contributed by atoms with Gasteiger partial charge in [0.1, 0.15) is 0 Å². The molecule has 0 aliphatic heterocycles. The van der Waals surface area contributed by atoms with Crippen LogP contribution in [0.4, 0.5) is 17.1 Å². The van der Waals surface area contributed by atoms with Crippen LogP contribution in [-0.2, 0) is 0 Å². The van der Waals surface area contributed by atoms with E-state index in [-0.39, 0.29) is 0 Å². The van der Waals surface area contributed by atoms with E-state index in [9.17, 15) is 0 Å². The molecule has 2 aromatic heterocycles. The van der Waals surface area contributed by atoms with Crippen LogP contribution >= 0.6 is 0 Å². The number of hydrogen-bond acceptors (Lipinski definition) is 3. The van der Waals surface area contributed by atoms with Crippen LogP contribution in [0.1, 0.15) is 0 Å². The zero-order valence-electron chi connectivity index (χ0n) is 21.3. The highest BCUT2D eigenvalue weighted by atomic mass is 15.1. The topological polar surface area (TPSA) is 29.0 Å². The molecule has 0 amide bonds. The normalized spacial score (nSPS) is 11.1. The molecule has 0 aliphatic rings. The maximum Gasteiger partial charge on any atom is 0.0786 e. The highest BCUT2D eigenvalue weighted by Crippen LogP contribution is 2.44. The van der Waals surface area contributed by atoms with E-state index in [1.54, 1.807) is 0 Å². The predicted molar refractivity (Wildman–Crippen MR) is 163 cm³/mol. The van der Waals surface area contributed by atoms with Crippen molar-refractivity contribution in [1.29, 1.82) is 0 Å². The van der Waals surface area contributed by atoms with Crippen LogP contribution in [0, 0.1) is 0 Å². The standard InChI is InChI=1S/C36H25N3/c1-3-12-28(13-4-1)39(29-14-5-2-6-15-29)30-21-19-26(20-22-30)34-31-16-7-8-17-32(31)36-33(18-10-24-38-36)35(34)27-11-9-23-37-25-27/h1-25H. The summed E-state index contributed by atoms with van der Waals surface area (Å²) in [7, 11) is 0. The summed E-state index contributed by atoms with van der Waals surface area (Å²) in [5.41, 5.74) is 8.93. The van der Waals surface area contributed by atoms with Gasteiger partial charge < -0.3 is 4.90 Å². The van der Waals surface area contributed by atoms with Crippen LogP contribution in [0.15, 0.2) is 152 Å². The molecule has 0 fully saturated rings. The van der Waals surface area contributed by atoms with Crippen LogP contribution in [0.2, 0.25) is 0 Å². The summed E-state index contributed by atoms with van der Waals surface area (Å²) in [6.07, 6.45) is 5.64. The summed E-state index contributed by atoms with van der Waals surface area (Å²) < 4.78 is 0. The molecule has 2 heterocycles. The van der Waals surface area contributed by atoms with Gasteiger partial charge in [-0.05, 0) is 65.0 Å². The van der Waals surface area contributed by atoms with E-state index in [1.807, 2.05) is 30.7 Å². The van der Waals surface area contributed by atoms with Gasteiger partial charge >= 0.3 is 0 Å². The Morgan fingerprint density at radius 1 is 0.410 bits per heavy atom. The van der Waals surface area contributed by atoms with Crippen molar-refractivity contribution >= 4 is 38.7 Å². The van der Waals surface area contributed by atoms with E-state index < -0.39 is 0 Å². The quantitative estimate of drug-likeness (QED) is 0.221. The molecular formula is C36H25N3. The molecule has 0 bridgehead atoms. The van der Waals surface area contributed by atoms with Crippen molar-refractivity contribution in [3.63, 3.8) is 0 Å². The van der Waals surface area contributed by atoms with Gasteiger partial charge in [0.05, 0.1) is 5.52 Å². The molecule has 39 heavy (non-hydrogen) atoms. The lowest BCUT2D eigenvalue weighted by molar-refractivity contribution is 1.28. The Kier molecular flexibility index (Phi) is 5.80. The van der Waals surface area contributed by atoms with E-state index >= 15 is 0 Å². The Hall–Kier alpha value is -5.28. The molecule has 0 saturated heterocycles. The predicted octanol–water partition coefficient (Wildman–Crippen LogP) is 9.59. The number of anilines is 3. The van der Waals surface area contributed by atoms with E-state index in [1.165, 1.54) is 10.9 Å². The first-order chi connectivity index (χ1) is 19.4. The fourth-order valence-electron chi connectivity index (χ4n) is 5.49.